The van der Waals surface area contributed by atoms with Gasteiger partial charge >= 0.3 is 0 Å². The highest BCUT2D eigenvalue weighted by atomic mass is 35.5. The van der Waals surface area contributed by atoms with Crippen molar-refractivity contribution in [3.8, 4) is 0 Å². The second kappa shape index (κ2) is 4.60. The van der Waals surface area contributed by atoms with Crippen LogP contribution in [0.2, 0.25) is 4.34 Å². The highest BCUT2D eigenvalue weighted by Gasteiger charge is 2.08. The third-order valence-corrected chi connectivity index (χ3v) is 2.53. The number of rotatable bonds is 3. The molecule has 0 aromatic carbocycles. The first-order chi connectivity index (χ1) is 6.09. The summed E-state index contributed by atoms with van der Waals surface area (Å²) in [7, 11) is 0. The fraction of sp³-hybridized carbons (Fsp3) is 0.250. The highest BCUT2D eigenvalue weighted by Crippen LogP contribution is 2.20. The first-order valence-corrected chi connectivity index (χ1v) is 4.83. The molecular weight excluding hydrogens is 210 g/mol. The summed E-state index contributed by atoms with van der Waals surface area (Å²) >= 11 is 6.84. The molecule has 1 heterocycles. The smallest absolute Gasteiger partial charge is 0.261 e. The minimum absolute atomic E-state index is 0.147. The van der Waals surface area contributed by atoms with Crippen LogP contribution in [-0.2, 0) is 0 Å². The molecule has 0 spiro atoms. The fourth-order valence-electron chi connectivity index (χ4n) is 0.734. The van der Waals surface area contributed by atoms with Crippen molar-refractivity contribution in [2.45, 2.75) is 6.10 Å². The topological polar surface area (TPSA) is 49.3 Å². The number of aliphatic hydroxyl groups excluding tert-OH is 1. The Bertz CT molecular complexity index is 298. The van der Waals surface area contributed by atoms with Crippen LogP contribution in [0.4, 0.5) is 0 Å². The molecule has 0 aliphatic carbocycles. The number of halogens is 1. The maximum atomic E-state index is 11.3. The standard InChI is InChI=1S/C8H9ClNO2S/c1-5(11)4-10-8(12)6-2-3-7(9)13-6/h2-3,5,11H,1,4H2,(H,10,12). The first kappa shape index (κ1) is 10.5. The van der Waals surface area contributed by atoms with E-state index in [9.17, 15) is 4.79 Å². The predicted molar refractivity (Wildman–Crippen MR) is 53.0 cm³/mol. The summed E-state index contributed by atoms with van der Waals surface area (Å²) in [6, 6.07) is 3.29. The van der Waals surface area contributed by atoms with Gasteiger partial charge in [0, 0.05) is 6.54 Å². The molecule has 2 N–H and O–H groups in total. The number of carbonyl (C=O) groups is 1. The van der Waals surface area contributed by atoms with Crippen molar-refractivity contribution in [2.75, 3.05) is 6.54 Å². The van der Waals surface area contributed by atoms with Crippen molar-refractivity contribution in [2.24, 2.45) is 0 Å². The van der Waals surface area contributed by atoms with Crippen LogP contribution in [-0.4, -0.2) is 23.7 Å². The lowest BCUT2D eigenvalue weighted by Crippen LogP contribution is -2.30. The van der Waals surface area contributed by atoms with Crippen LogP contribution >= 0.6 is 22.9 Å². The van der Waals surface area contributed by atoms with Crippen LogP contribution in [0.1, 0.15) is 9.67 Å². The number of hydrogen-bond donors (Lipinski definition) is 2. The number of nitrogens with one attached hydrogen (secondary N) is 1. The van der Waals surface area contributed by atoms with E-state index in [0.717, 1.165) is 0 Å². The van der Waals surface area contributed by atoms with Crippen LogP contribution < -0.4 is 5.32 Å². The van der Waals surface area contributed by atoms with Gasteiger partial charge in [-0.1, -0.05) is 11.6 Å². The predicted octanol–water partition coefficient (Wildman–Crippen LogP) is 1.33. The molecule has 1 atom stereocenters. The van der Waals surface area contributed by atoms with E-state index in [0.29, 0.717) is 9.21 Å². The van der Waals surface area contributed by atoms with Crippen LogP contribution in [0.15, 0.2) is 12.1 Å². The van der Waals surface area contributed by atoms with Gasteiger partial charge in [-0.3, -0.25) is 4.79 Å². The Morgan fingerprint density at radius 2 is 2.46 bits per heavy atom. The number of thiophene rings is 1. The zero-order chi connectivity index (χ0) is 9.84. The molecule has 13 heavy (non-hydrogen) atoms. The van der Waals surface area contributed by atoms with Gasteiger partial charge < -0.3 is 10.4 Å². The molecule has 0 saturated carbocycles. The van der Waals surface area contributed by atoms with E-state index in [1.807, 2.05) is 0 Å². The lowest BCUT2D eigenvalue weighted by molar-refractivity contribution is 0.0936. The van der Waals surface area contributed by atoms with Gasteiger partial charge in [0.2, 0.25) is 0 Å². The summed E-state index contributed by atoms with van der Waals surface area (Å²) in [5.41, 5.74) is 0. The van der Waals surface area contributed by atoms with Crippen LogP contribution in [0.25, 0.3) is 0 Å². The normalized spacial score (nSPS) is 12.5. The number of amides is 1. The summed E-state index contributed by atoms with van der Waals surface area (Å²) < 4.78 is 0.570. The lowest BCUT2D eigenvalue weighted by Gasteiger charge is -2.04. The van der Waals surface area contributed by atoms with Gasteiger partial charge in [0.25, 0.3) is 5.91 Å². The molecule has 1 amide bonds. The molecule has 0 saturated heterocycles. The third kappa shape index (κ3) is 3.34. The first-order valence-electron chi connectivity index (χ1n) is 3.64. The molecule has 0 bridgehead atoms. The average Bonchev–Trinajstić information content (AvgIpc) is 2.47. The summed E-state index contributed by atoms with van der Waals surface area (Å²) in [5.74, 6) is -0.236. The van der Waals surface area contributed by atoms with E-state index in [-0.39, 0.29) is 12.5 Å². The van der Waals surface area contributed by atoms with E-state index in [1.165, 1.54) is 11.3 Å². The van der Waals surface area contributed by atoms with E-state index < -0.39 is 6.10 Å². The molecule has 3 nitrogen and oxygen atoms in total. The van der Waals surface area contributed by atoms with Crippen LogP contribution in [0.3, 0.4) is 0 Å². The van der Waals surface area contributed by atoms with Crippen molar-refractivity contribution in [3.63, 3.8) is 0 Å². The van der Waals surface area contributed by atoms with E-state index >= 15 is 0 Å². The van der Waals surface area contributed by atoms with Gasteiger partial charge in [0.15, 0.2) is 0 Å². The minimum Gasteiger partial charge on any atom is -0.391 e. The molecule has 5 heteroatoms. The van der Waals surface area contributed by atoms with Crippen LogP contribution in [0.5, 0.6) is 0 Å². The van der Waals surface area contributed by atoms with E-state index in [2.05, 4.69) is 12.2 Å². The monoisotopic (exact) mass is 218 g/mol. The van der Waals surface area contributed by atoms with Crippen molar-refractivity contribution in [1.29, 1.82) is 0 Å². The Hall–Kier alpha value is -0.580. The van der Waals surface area contributed by atoms with Gasteiger partial charge in [0.1, 0.15) is 0 Å². The Kier molecular flexibility index (Phi) is 3.71. The van der Waals surface area contributed by atoms with Crippen LogP contribution in [0, 0.1) is 6.92 Å². The van der Waals surface area contributed by atoms with E-state index in [1.54, 1.807) is 12.1 Å². The molecule has 1 aromatic heterocycles. The largest absolute Gasteiger partial charge is 0.391 e. The Balaban J connectivity index is 2.49. The Labute approximate surface area is 85.3 Å². The molecule has 1 aromatic rings. The molecule has 0 fully saturated rings. The quantitative estimate of drug-likeness (QED) is 0.804. The molecule has 1 unspecified atom stereocenters. The summed E-state index contributed by atoms with van der Waals surface area (Å²) in [5, 5.41) is 11.3. The molecule has 1 rings (SSSR count). The van der Waals surface area contributed by atoms with Crippen molar-refractivity contribution >= 4 is 28.8 Å². The van der Waals surface area contributed by atoms with Gasteiger partial charge in [-0.25, -0.2) is 0 Å². The fourth-order valence-corrected chi connectivity index (χ4v) is 1.69. The Morgan fingerprint density at radius 3 is 2.92 bits per heavy atom. The third-order valence-electron chi connectivity index (χ3n) is 1.30. The maximum absolute atomic E-state index is 11.3. The number of carbonyl (C=O) groups excluding carboxylic acids is 1. The molecule has 0 aliphatic rings. The molecule has 71 valence electrons. The summed E-state index contributed by atoms with van der Waals surface area (Å²) in [6.07, 6.45) is -0.778. The van der Waals surface area contributed by atoms with E-state index in [4.69, 9.17) is 16.7 Å². The SMILES string of the molecule is [CH2]C(O)CNC(=O)c1ccc(Cl)s1. The second-order valence-electron chi connectivity index (χ2n) is 2.47. The summed E-state index contributed by atoms with van der Waals surface area (Å²) in [6.45, 7) is 3.47. The van der Waals surface area contributed by atoms with Gasteiger partial charge in [-0.2, -0.15) is 0 Å². The molecular formula is C8H9ClNO2S. The molecule has 0 aliphatic heterocycles. The van der Waals surface area contributed by atoms with Gasteiger partial charge in [-0.05, 0) is 19.1 Å². The second-order valence-corrected chi connectivity index (χ2v) is 4.18. The average molecular weight is 219 g/mol. The van der Waals surface area contributed by atoms with Gasteiger partial charge in [0.05, 0.1) is 15.3 Å². The zero-order valence-electron chi connectivity index (χ0n) is 6.79. The number of aliphatic hydroxyl groups is 1. The lowest BCUT2D eigenvalue weighted by atomic mass is 10.4. The van der Waals surface area contributed by atoms with Crippen molar-refractivity contribution < 1.29 is 9.90 Å². The van der Waals surface area contributed by atoms with Crippen molar-refractivity contribution in [1.82, 2.24) is 5.32 Å². The number of hydrogen-bond acceptors (Lipinski definition) is 3. The van der Waals surface area contributed by atoms with Crippen molar-refractivity contribution in [3.05, 3.63) is 28.3 Å². The summed E-state index contributed by atoms with van der Waals surface area (Å²) in [4.78, 5) is 11.8. The Morgan fingerprint density at radius 1 is 1.77 bits per heavy atom. The highest BCUT2D eigenvalue weighted by molar-refractivity contribution is 7.17. The minimum atomic E-state index is -0.778. The zero-order valence-corrected chi connectivity index (χ0v) is 8.36. The van der Waals surface area contributed by atoms with Gasteiger partial charge in [-0.15, -0.1) is 11.3 Å². The molecule has 1 radical (unpaired) electrons. The maximum Gasteiger partial charge on any atom is 0.261 e.